The second kappa shape index (κ2) is 9.62. The smallest absolute Gasteiger partial charge is 0.259 e. The van der Waals surface area contributed by atoms with Gasteiger partial charge in [0.15, 0.2) is 17.3 Å². The Labute approximate surface area is 174 Å². The minimum atomic E-state index is -0.196. The number of halogens is 1. The summed E-state index contributed by atoms with van der Waals surface area (Å²) in [5.41, 5.74) is 0.382. The van der Waals surface area contributed by atoms with Crippen LogP contribution in [-0.2, 0) is 6.54 Å². The molecule has 0 radical (unpaired) electrons. The van der Waals surface area contributed by atoms with Crippen molar-refractivity contribution in [1.82, 2.24) is 9.97 Å². The first-order valence-corrected chi connectivity index (χ1v) is 9.78. The molecule has 1 unspecified atom stereocenters. The maximum Gasteiger partial charge on any atom is 0.259 e. The number of hydrogen-bond donors (Lipinski definition) is 2. The molecule has 7 nitrogen and oxygen atoms in total. The van der Waals surface area contributed by atoms with Crippen LogP contribution in [0, 0.1) is 0 Å². The van der Waals surface area contributed by atoms with E-state index in [4.69, 9.17) is 25.8 Å². The second-order valence-electron chi connectivity index (χ2n) is 6.57. The van der Waals surface area contributed by atoms with Crippen LogP contribution in [0.15, 0.2) is 41.2 Å². The summed E-state index contributed by atoms with van der Waals surface area (Å²) in [6, 6.07) is 10.7. The first-order chi connectivity index (χ1) is 14.0. The van der Waals surface area contributed by atoms with Gasteiger partial charge in [0, 0.05) is 11.1 Å². The summed E-state index contributed by atoms with van der Waals surface area (Å²) in [5, 5.41) is 1.15. The average Bonchev–Trinajstić information content (AvgIpc) is 2.73. The lowest BCUT2D eigenvalue weighted by molar-refractivity contribution is -0.912. The van der Waals surface area contributed by atoms with Gasteiger partial charge >= 0.3 is 0 Å². The van der Waals surface area contributed by atoms with Gasteiger partial charge in [-0.25, -0.2) is 4.98 Å². The van der Waals surface area contributed by atoms with E-state index in [0.717, 1.165) is 18.8 Å². The number of H-pyrrole nitrogens is 1. The molecular formula is C21H25ClN3O4+. The van der Waals surface area contributed by atoms with Crippen LogP contribution in [0.1, 0.15) is 12.7 Å². The second-order valence-corrected chi connectivity index (χ2v) is 7.01. The summed E-state index contributed by atoms with van der Waals surface area (Å²) in [6.07, 6.45) is 0. The summed E-state index contributed by atoms with van der Waals surface area (Å²) in [6.45, 7) is 4.86. The number of nitrogens with zero attached hydrogens (tertiary/aromatic N) is 1. The minimum absolute atomic E-state index is 0.196. The molecule has 3 rings (SSSR count). The zero-order chi connectivity index (χ0) is 20.8. The van der Waals surface area contributed by atoms with E-state index in [1.54, 1.807) is 31.4 Å². The molecule has 0 aliphatic rings. The topological polar surface area (TPSA) is 77.9 Å². The average molecular weight is 419 g/mol. The van der Waals surface area contributed by atoms with Crippen LogP contribution in [0.2, 0.25) is 5.02 Å². The van der Waals surface area contributed by atoms with Crippen LogP contribution in [0.3, 0.4) is 0 Å². The molecule has 1 atom stereocenters. The molecule has 0 aliphatic carbocycles. The first-order valence-electron chi connectivity index (χ1n) is 9.41. The number of nitrogens with one attached hydrogen (secondary N) is 2. The largest absolute Gasteiger partial charge is 0.493 e. The molecule has 0 bridgehead atoms. The third-order valence-corrected chi connectivity index (χ3v) is 4.97. The van der Waals surface area contributed by atoms with Gasteiger partial charge in [0.2, 0.25) is 0 Å². The maximum absolute atomic E-state index is 12.5. The fourth-order valence-corrected chi connectivity index (χ4v) is 3.20. The van der Waals surface area contributed by atoms with Gasteiger partial charge in [0.25, 0.3) is 5.56 Å². The standard InChI is InChI=1S/C21H24ClN3O4/c1-4-25(9-10-29-15-7-5-14(22)6-8-15)13-20-23-17-12-19(28-3)18(27-2)11-16(17)21(26)24-20/h5-8,11-12H,4,9-10,13H2,1-3H3,(H,23,24,26)/p+1. The van der Waals surface area contributed by atoms with Gasteiger partial charge in [0.05, 0.1) is 31.7 Å². The quantitative estimate of drug-likeness (QED) is 0.556. The van der Waals surface area contributed by atoms with Crippen LogP contribution < -0.4 is 24.7 Å². The third kappa shape index (κ3) is 5.19. The summed E-state index contributed by atoms with van der Waals surface area (Å²) in [5.74, 6) is 2.45. The Morgan fingerprint density at radius 2 is 1.79 bits per heavy atom. The van der Waals surface area contributed by atoms with E-state index >= 15 is 0 Å². The molecule has 1 heterocycles. The van der Waals surface area contributed by atoms with E-state index in [2.05, 4.69) is 16.9 Å². The number of ether oxygens (including phenoxy) is 3. The molecular weight excluding hydrogens is 394 g/mol. The zero-order valence-electron chi connectivity index (χ0n) is 16.8. The Morgan fingerprint density at radius 1 is 1.10 bits per heavy atom. The highest BCUT2D eigenvalue weighted by molar-refractivity contribution is 6.30. The van der Waals surface area contributed by atoms with Crippen molar-refractivity contribution >= 4 is 22.5 Å². The number of hydrogen-bond acceptors (Lipinski definition) is 5. The van der Waals surface area contributed by atoms with Crippen molar-refractivity contribution in [3.05, 3.63) is 57.6 Å². The van der Waals surface area contributed by atoms with Crippen LogP contribution >= 0.6 is 11.6 Å². The molecule has 0 aliphatic heterocycles. The molecule has 0 spiro atoms. The Bertz CT molecular complexity index is 1020. The number of quaternary nitrogens is 1. The molecule has 0 saturated carbocycles. The highest BCUT2D eigenvalue weighted by Gasteiger charge is 2.14. The van der Waals surface area contributed by atoms with Crippen molar-refractivity contribution < 1.29 is 19.1 Å². The van der Waals surface area contributed by atoms with Crippen molar-refractivity contribution in [1.29, 1.82) is 0 Å². The normalized spacial score (nSPS) is 12.0. The molecule has 154 valence electrons. The van der Waals surface area contributed by atoms with Crippen molar-refractivity contribution in [2.45, 2.75) is 13.5 Å². The summed E-state index contributed by atoms with van der Waals surface area (Å²) in [7, 11) is 3.09. The highest BCUT2D eigenvalue weighted by atomic mass is 35.5. The summed E-state index contributed by atoms with van der Waals surface area (Å²) in [4.78, 5) is 21.3. The number of aromatic amines is 1. The zero-order valence-corrected chi connectivity index (χ0v) is 17.5. The third-order valence-electron chi connectivity index (χ3n) is 4.72. The molecule has 0 saturated heterocycles. The maximum atomic E-state index is 12.5. The molecule has 2 aromatic carbocycles. The van der Waals surface area contributed by atoms with E-state index in [-0.39, 0.29) is 5.56 Å². The number of fused-ring (bicyclic) bond motifs is 1. The van der Waals surface area contributed by atoms with Gasteiger partial charge in [-0.3, -0.25) is 4.79 Å². The Hall–Kier alpha value is -2.77. The predicted octanol–water partition coefficient (Wildman–Crippen LogP) is 2.08. The van der Waals surface area contributed by atoms with Gasteiger partial charge in [-0.15, -0.1) is 0 Å². The lowest BCUT2D eigenvalue weighted by Gasteiger charge is -2.17. The molecule has 1 aromatic heterocycles. The number of benzene rings is 2. The van der Waals surface area contributed by atoms with Crippen LogP contribution in [0.25, 0.3) is 10.9 Å². The number of aromatic nitrogens is 2. The van der Waals surface area contributed by atoms with E-state index in [0.29, 0.717) is 46.4 Å². The van der Waals surface area contributed by atoms with Crippen molar-refractivity contribution in [3.8, 4) is 17.2 Å². The monoisotopic (exact) mass is 418 g/mol. The van der Waals surface area contributed by atoms with Crippen LogP contribution in [0.4, 0.5) is 0 Å². The summed E-state index contributed by atoms with van der Waals surface area (Å²) < 4.78 is 16.4. The van der Waals surface area contributed by atoms with Crippen molar-refractivity contribution in [2.75, 3.05) is 33.9 Å². The van der Waals surface area contributed by atoms with E-state index in [1.807, 2.05) is 12.1 Å². The predicted molar refractivity (Wildman–Crippen MR) is 112 cm³/mol. The summed E-state index contributed by atoms with van der Waals surface area (Å²) >= 11 is 5.89. The van der Waals surface area contributed by atoms with E-state index in [9.17, 15) is 4.79 Å². The minimum Gasteiger partial charge on any atom is -0.493 e. The van der Waals surface area contributed by atoms with E-state index in [1.165, 1.54) is 12.0 Å². The molecule has 29 heavy (non-hydrogen) atoms. The number of likely N-dealkylation sites (N-methyl/N-ethyl adjacent to an activating group) is 1. The van der Waals surface area contributed by atoms with Gasteiger partial charge in [-0.05, 0) is 37.3 Å². The molecule has 8 heteroatoms. The fraction of sp³-hybridized carbons (Fsp3) is 0.333. The van der Waals surface area contributed by atoms with Gasteiger partial charge in [-0.2, -0.15) is 0 Å². The van der Waals surface area contributed by atoms with Gasteiger partial charge in [-0.1, -0.05) is 11.6 Å². The van der Waals surface area contributed by atoms with Crippen LogP contribution in [-0.4, -0.2) is 43.9 Å². The van der Waals surface area contributed by atoms with Crippen molar-refractivity contribution in [3.63, 3.8) is 0 Å². The van der Waals surface area contributed by atoms with Crippen LogP contribution in [0.5, 0.6) is 17.2 Å². The molecule has 0 amide bonds. The Balaban J connectivity index is 1.71. The Morgan fingerprint density at radius 3 is 2.45 bits per heavy atom. The lowest BCUT2D eigenvalue weighted by Crippen LogP contribution is -3.11. The molecule has 0 fully saturated rings. The fourth-order valence-electron chi connectivity index (χ4n) is 3.07. The van der Waals surface area contributed by atoms with Gasteiger partial charge in [0.1, 0.15) is 25.4 Å². The van der Waals surface area contributed by atoms with Crippen molar-refractivity contribution in [2.24, 2.45) is 0 Å². The highest BCUT2D eigenvalue weighted by Crippen LogP contribution is 2.29. The molecule has 3 aromatic rings. The Kier molecular flexibility index (Phi) is 6.95. The molecule has 2 N–H and O–H groups in total. The number of rotatable bonds is 9. The first kappa shape index (κ1) is 21.0. The number of methoxy groups -OCH3 is 2. The SMILES string of the molecule is CC[NH+](CCOc1ccc(Cl)cc1)Cc1nc2cc(OC)c(OC)cc2c(=O)[nH]1. The lowest BCUT2D eigenvalue weighted by atomic mass is 10.2. The van der Waals surface area contributed by atoms with Gasteiger partial charge < -0.3 is 24.1 Å². The van der Waals surface area contributed by atoms with E-state index < -0.39 is 0 Å².